The Morgan fingerprint density at radius 3 is 2.44 bits per heavy atom. The van der Waals surface area contributed by atoms with Crippen molar-refractivity contribution in [1.29, 1.82) is 0 Å². The summed E-state index contributed by atoms with van der Waals surface area (Å²) in [5.41, 5.74) is 2.11. The van der Waals surface area contributed by atoms with E-state index in [0.717, 1.165) is 44.7 Å². The molecule has 1 aromatic heterocycles. The summed E-state index contributed by atoms with van der Waals surface area (Å²) in [4.78, 5) is 13.1. The molecule has 0 atom stereocenters. The van der Waals surface area contributed by atoms with Crippen molar-refractivity contribution in [3.05, 3.63) is 36.3 Å². The lowest BCUT2D eigenvalue weighted by molar-refractivity contribution is 0.313. The van der Waals surface area contributed by atoms with Gasteiger partial charge >= 0.3 is 0 Å². The molecule has 144 valence electrons. The molecule has 1 aliphatic heterocycles. The molecule has 0 radical (unpaired) electrons. The zero-order valence-corrected chi connectivity index (χ0v) is 15.8. The van der Waals surface area contributed by atoms with Gasteiger partial charge in [-0.3, -0.25) is 0 Å². The summed E-state index contributed by atoms with van der Waals surface area (Å²) in [5, 5.41) is 6.39. The second-order valence-electron chi connectivity index (χ2n) is 7.48. The fraction of sp³-hybridized carbons (Fsp3) is 0.500. The number of anilines is 4. The van der Waals surface area contributed by atoms with Crippen LogP contribution >= 0.6 is 0 Å². The van der Waals surface area contributed by atoms with Crippen molar-refractivity contribution in [2.75, 3.05) is 48.8 Å². The van der Waals surface area contributed by atoms with Gasteiger partial charge in [-0.2, -0.15) is 4.98 Å². The van der Waals surface area contributed by atoms with Crippen LogP contribution in [0.15, 0.2) is 30.5 Å². The van der Waals surface area contributed by atoms with Gasteiger partial charge < -0.3 is 20.4 Å². The van der Waals surface area contributed by atoms with Crippen LogP contribution in [-0.2, 0) is 0 Å². The number of hydrogen-bond acceptors (Lipinski definition) is 6. The van der Waals surface area contributed by atoms with E-state index < -0.39 is 5.82 Å². The first kappa shape index (κ1) is 18.0. The molecule has 4 rings (SSSR count). The van der Waals surface area contributed by atoms with E-state index in [0.29, 0.717) is 12.0 Å². The Hall–Kier alpha value is -2.41. The van der Waals surface area contributed by atoms with E-state index in [1.807, 2.05) is 12.1 Å². The van der Waals surface area contributed by atoms with Crippen molar-refractivity contribution in [3.63, 3.8) is 0 Å². The molecular weight excluding hydrogens is 343 g/mol. The summed E-state index contributed by atoms with van der Waals surface area (Å²) < 4.78 is 14.0. The minimum atomic E-state index is -0.405. The van der Waals surface area contributed by atoms with Crippen LogP contribution in [0.2, 0.25) is 0 Å². The van der Waals surface area contributed by atoms with Crippen LogP contribution in [0.5, 0.6) is 0 Å². The van der Waals surface area contributed by atoms with Gasteiger partial charge in [-0.1, -0.05) is 12.8 Å². The van der Waals surface area contributed by atoms with E-state index in [-0.39, 0.29) is 5.82 Å². The zero-order chi connectivity index (χ0) is 18.6. The molecule has 2 aliphatic rings. The van der Waals surface area contributed by atoms with Crippen LogP contribution < -0.4 is 15.5 Å². The molecule has 0 amide bonds. The van der Waals surface area contributed by atoms with Gasteiger partial charge in [0, 0.05) is 43.6 Å². The Bertz CT molecular complexity index is 752. The van der Waals surface area contributed by atoms with Crippen molar-refractivity contribution in [3.8, 4) is 0 Å². The standard InChI is InChI=1S/C20H27FN6/c1-26-10-12-27(13-11-26)17-8-6-16(7-9-17)24-20-22-14-18(21)19(25-20)23-15-4-2-3-5-15/h6-9,14-15H,2-5,10-13H2,1H3,(H2,22,23,24,25). The second-order valence-corrected chi connectivity index (χ2v) is 7.48. The van der Waals surface area contributed by atoms with Gasteiger partial charge in [0.15, 0.2) is 11.6 Å². The second kappa shape index (κ2) is 8.08. The van der Waals surface area contributed by atoms with Gasteiger partial charge in [-0.15, -0.1) is 0 Å². The van der Waals surface area contributed by atoms with Crippen molar-refractivity contribution in [2.45, 2.75) is 31.7 Å². The molecule has 27 heavy (non-hydrogen) atoms. The number of rotatable bonds is 5. The smallest absolute Gasteiger partial charge is 0.229 e. The molecule has 2 fully saturated rings. The molecule has 2 aromatic rings. The number of piperazine rings is 1. The highest BCUT2D eigenvalue weighted by atomic mass is 19.1. The fourth-order valence-corrected chi connectivity index (χ4v) is 3.74. The highest BCUT2D eigenvalue weighted by Gasteiger charge is 2.18. The average molecular weight is 370 g/mol. The van der Waals surface area contributed by atoms with Crippen LogP contribution in [0.1, 0.15) is 25.7 Å². The van der Waals surface area contributed by atoms with Gasteiger partial charge in [-0.05, 0) is 44.2 Å². The Morgan fingerprint density at radius 2 is 1.74 bits per heavy atom. The maximum Gasteiger partial charge on any atom is 0.229 e. The Morgan fingerprint density at radius 1 is 1.04 bits per heavy atom. The van der Waals surface area contributed by atoms with Crippen molar-refractivity contribution >= 4 is 23.1 Å². The summed E-state index contributed by atoms with van der Waals surface area (Å²) >= 11 is 0. The normalized spacial score (nSPS) is 18.7. The van der Waals surface area contributed by atoms with E-state index in [9.17, 15) is 4.39 Å². The predicted octanol–water partition coefficient (Wildman–Crippen LogP) is 3.47. The quantitative estimate of drug-likeness (QED) is 0.841. The molecular formula is C20H27FN6. The third-order valence-electron chi connectivity index (χ3n) is 5.43. The molecule has 2 heterocycles. The lowest BCUT2D eigenvalue weighted by Gasteiger charge is -2.34. The Balaban J connectivity index is 1.41. The fourth-order valence-electron chi connectivity index (χ4n) is 3.74. The maximum absolute atomic E-state index is 14.0. The summed E-state index contributed by atoms with van der Waals surface area (Å²) in [5.74, 6) is 0.288. The molecule has 1 saturated carbocycles. The highest BCUT2D eigenvalue weighted by molar-refractivity contribution is 5.60. The van der Waals surface area contributed by atoms with Gasteiger partial charge in [0.25, 0.3) is 0 Å². The van der Waals surface area contributed by atoms with Gasteiger partial charge in [0.1, 0.15) is 0 Å². The van der Waals surface area contributed by atoms with E-state index in [2.05, 4.69) is 49.6 Å². The van der Waals surface area contributed by atoms with E-state index in [4.69, 9.17) is 0 Å². The van der Waals surface area contributed by atoms with Crippen LogP contribution in [0.25, 0.3) is 0 Å². The SMILES string of the molecule is CN1CCN(c2ccc(Nc3ncc(F)c(NC4CCCC4)n3)cc2)CC1. The van der Waals surface area contributed by atoms with Gasteiger partial charge in [0.2, 0.25) is 5.95 Å². The van der Waals surface area contributed by atoms with Crippen molar-refractivity contribution in [2.24, 2.45) is 0 Å². The summed E-state index contributed by atoms with van der Waals surface area (Å²) in [7, 11) is 2.16. The summed E-state index contributed by atoms with van der Waals surface area (Å²) in [6, 6.07) is 8.56. The molecule has 2 N–H and O–H groups in total. The lowest BCUT2D eigenvalue weighted by Crippen LogP contribution is -2.44. The summed E-state index contributed by atoms with van der Waals surface area (Å²) in [6.07, 6.45) is 5.75. The highest BCUT2D eigenvalue weighted by Crippen LogP contribution is 2.24. The zero-order valence-electron chi connectivity index (χ0n) is 15.8. The third-order valence-corrected chi connectivity index (χ3v) is 5.43. The molecule has 0 bridgehead atoms. The largest absolute Gasteiger partial charge is 0.369 e. The minimum Gasteiger partial charge on any atom is -0.369 e. The monoisotopic (exact) mass is 370 g/mol. The number of benzene rings is 1. The van der Waals surface area contributed by atoms with Crippen molar-refractivity contribution < 1.29 is 4.39 Å². The Labute approximate surface area is 159 Å². The first-order valence-corrected chi connectivity index (χ1v) is 9.77. The lowest BCUT2D eigenvalue weighted by atomic mass is 10.2. The molecule has 1 aliphatic carbocycles. The number of aromatic nitrogens is 2. The van der Waals surface area contributed by atoms with Crippen LogP contribution in [0.4, 0.5) is 27.5 Å². The maximum atomic E-state index is 14.0. The minimum absolute atomic E-state index is 0.286. The van der Waals surface area contributed by atoms with E-state index >= 15 is 0 Å². The van der Waals surface area contributed by atoms with Crippen LogP contribution in [-0.4, -0.2) is 54.1 Å². The first-order chi connectivity index (χ1) is 13.2. The summed E-state index contributed by atoms with van der Waals surface area (Å²) in [6.45, 7) is 4.25. The first-order valence-electron chi connectivity index (χ1n) is 9.77. The number of nitrogens with zero attached hydrogens (tertiary/aromatic N) is 4. The van der Waals surface area contributed by atoms with Gasteiger partial charge in [0.05, 0.1) is 6.20 Å². The molecule has 0 spiro atoms. The topological polar surface area (TPSA) is 56.3 Å². The van der Waals surface area contributed by atoms with Gasteiger partial charge in [-0.25, -0.2) is 9.37 Å². The molecule has 1 aromatic carbocycles. The molecule has 1 saturated heterocycles. The van der Waals surface area contributed by atoms with Crippen LogP contribution in [0, 0.1) is 5.82 Å². The van der Waals surface area contributed by atoms with E-state index in [1.54, 1.807) is 0 Å². The number of halogens is 1. The molecule has 6 nitrogen and oxygen atoms in total. The number of likely N-dealkylation sites (N-methyl/N-ethyl adjacent to an activating group) is 1. The number of hydrogen-bond donors (Lipinski definition) is 2. The average Bonchev–Trinajstić information content (AvgIpc) is 3.19. The third kappa shape index (κ3) is 4.47. The van der Waals surface area contributed by atoms with Crippen LogP contribution in [0.3, 0.4) is 0 Å². The van der Waals surface area contributed by atoms with Crippen molar-refractivity contribution in [1.82, 2.24) is 14.9 Å². The Kier molecular flexibility index (Phi) is 5.38. The molecule has 7 heteroatoms. The molecule has 0 unspecified atom stereocenters. The van der Waals surface area contributed by atoms with E-state index in [1.165, 1.54) is 24.7 Å². The predicted molar refractivity (Wildman–Crippen MR) is 107 cm³/mol. The number of nitrogens with one attached hydrogen (secondary N) is 2.